The minimum atomic E-state index is -0.625. The summed E-state index contributed by atoms with van der Waals surface area (Å²) >= 11 is 0. The molecule has 2 aliphatic rings. The molecule has 1 unspecified atom stereocenters. The Bertz CT molecular complexity index is 215. The van der Waals surface area contributed by atoms with Crippen LogP contribution in [-0.4, -0.2) is 24.7 Å². The number of ketones is 1. The summed E-state index contributed by atoms with van der Waals surface area (Å²) < 4.78 is 5.68. The van der Waals surface area contributed by atoms with Crippen molar-refractivity contribution in [2.75, 3.05) is 13.2 Å². The van der Waals surface area contributed by atoms with E-state index in [4.69, 9.17) is 4.74 Å². The Balaban J connectivity index is 2.12. The fraction of sp³-hybridized carbons (Fsp3) is 0.909. The number of carbonyl (C=O) groups excluding carboxylic acids is 1. The maximum Gasteiger partial charge on any atom is 0.181 e. The third-order valence-corrected chi connectivity index (χ3v) is 3.52. The molecule has 0 spiro atoms. The lowest BCUT2D eigenvalue weighted by molar-refractivity contribution is -0.148. The molecule has 0 bridgehead atoms. The van der Waals surface area contributed by atoms with Gasteiger partial charge >= 0.3 is 0 Å². The van der Waals surface area contributed by atoms with Gasteiger partial charge < -0.3 is 4.74 Å². The second kappa shape index (κ2) is 3.99. The van der Waals surface area contributed by atoms with E-state index in [9.17, 15) is 4.79 Å². The Morgan fingerprint density at radius 2 is 2.07 bits per heavy atom. The first-order valence-corrected chi connectivity index (χ1v) is 5.66. The number of nitrogens with one attached hydrogen (secondary N) is 1. The first kappa shape index (κ1) is 10.1. The lowest BCUT2D eigenvalue weighted by Crippen LogP contribution is -2.54. The first-order valence-electron chi connectivity index (χ1n) is 5.66. The van der Waals surface area contributed by atoms with Gasteiger partial charge in [-0.05, 0) is 19.8 Å². The number of ether oxygens (including phenoxy) is 1. The highest BCUT2D eigenvalue weighted by Gasteiger charge is 2.46. The van der Waals surface area contributed by atoms with Crippen LogP contribution >= 0.6 is 0 Å². The number of carbonyl (C=O) groups is 1. The normalized spacial score (nSPS) is 34.6. The van der Waals surface area contributed by atoms with Gasteiger partial charge in [-0.2, -0.15) is 0 Å². The van der Waals surface area contributed by atoms with Crippen molar-refractivity contribution < 1.29 is 9.53 Å². The van der Waals surface area contributed by atoms with Gasteiger partial charge in [0, 0.05) is 12.5 Å². The summed E-state index contributed by atoms with van der Waals surface area (Å²) in [5.74, 6) is 0.554. The first-order chi connectivity index (χ1) is 6.76. The minimum Gasteiger partial charge on any atom is -0.352 e. The molecule has 0 amide bonds. The van der Waals surface area contributed by atoms with Crippen molar-refractivity contribution in [3.8, 4) is 0 Å². The van der Waals surface area contributed by atoms with Gasteiger partial charge in [-0.15, -0.1) is 0 Å². The lowest BCUT2D eigenvalue weighted by atomic mass is 9.80. The molecule has 0 aromatic heterocycles. The molecule has 1 saturated heterocycles. The lowest BCUT2D eigenvalue weighted by Gasteiger charge is -2.36. The third-order valence-electron chi connectivity index (χ3n) is 3.52. The van der Waals surface area contributed by atoms with Crippen LogP contribution in [-0.2, 0) is 9.53 Å². The van der Waals surface area contributed by atoms with Crippen molar-refractivity contribution in [2.24, 2.45) is 5.92 Å². The van der Waals surface area contributed by atoms with Crippen molar-refractivity contribution in [1.82, 2.24) is 5.32 Å². The minimum absolute atomic E-state index is 0.155. The molecule has 0 radical (unpaired) electrons. The summed E-state index contributed by atoms with van der Waals surface area (Å²) in [7, 11) is 0. The highest BCUT2D eigenvalue weighted by molar-refractivity contribution is 5.85. The molecule has 1 aliphatic heterocycles. The van der Waals surface area contributed by atoms with Gasteiger partial charge in [-0.3, -0.25) is 10.1 Å². The average molecular weight is 197 g/mol. The molecule has 80 valence electrons. The molecule has 1 N–H and O–H groups in total. The largest absolute Gasteiger partial charge is 0.352 e. The Morgan fingerprint density at radius 1 is 1.36 bits per heavy atom. The van der Waals surface area contributed by atoms with E-state index in [-0.39, 0.29) is 5.78 Å². The van der Waals surface area contributed by atoms with Crippen molar-refractivity contribution in [3.05, 3.63) is 0 Å². The SMILES string of the molecule is CC(=O)C1(C2CCCCC2)NCCO1. The Labute approximate surface area is 85.2 Å². The van der Waals surface area contributed by atoms with Crippen LogP contribution in [0.3, 0.4) is 0 Å². The second-order valence-corrected chi connectivity index (χ2v) is 4.40. The summed E-state index contributed by atoms with van der Waals surface area (Å²) in [6, 6.07) is 0. The fourth-order valence-electron chi connectivity index (χ4n) is 2.78. The van der Waals surface area contributed by atoms with Gasteiger partial charge in [0.15, 0.2) is 11.5 Å². The molecule has 2 rings (SSSR count). The van der Waals surface area contributed by atoms with E-state index in [0.29, 0.717) is 12.5 Å². The van der Waals surface area contributed by atoms with Gasteiger partial charge in [0.2, 0.25) is 0 Å². The molecular weight excluding hydrogens is 178 g/mol. The van der Waals surface area contributed by atoms with E-state index in [1.54, 1.807) is 6.92 Å². The summed E-state index contributed by atoms with van der Waals surface area (Å²) in [6.07, 6.45) is 6.05. The Kier molecular flexibility index (Phi) is 2.88. The van der Waals surface area contributed by atoms with Crippen LogP contribution in [0.25, 0.3) is 0 Å². The summed E-state index contributed by atoms with van der Waals surface area (Å²) in [5, 5.41) is 3.27. The van der Waals surface area contributed by atoms with Crippen LogP contribution in [0.2, 0.25) is 0 Å². The third kappa shape index (κ3) is 1.59. The molecular formula is C11H19NO2. The van der Waals surface area contributed by atoms with Crippen LogP contribution in [0.15, 0.2) is 0 Å². The van der Waals surface area contributed by atoms with Crippen molar-refractivity contribution in [1.29, 1.82) is 0 Å². The van der Waals surface area contributed by atoms with Gasteiger partial charge in [0.05, 0.1) is 6.61 Å². The van der Waals surface area contributed by atoms with Gasteiger partial charge in [-0.1, -0.05) is 19.3 Å². The predicted octanol–water partition coefficient (Wildman–Crippen LogP) is 1.47. The number of rotatable bonds is 2. The van der Waals surface area contributed by atoms with Gasteiger partial charge in [0.1, 0.15) is 0 Å². The summed E-state index contributed by atoms with van der Waals surface area (Å²) in [4.78, 5) is 11.7. The van der Waals surface area contributed by atoms with E-state index in [1.165, 1.54) is 19.3 Å². The zero-order valence-corrected chi connectivity index (χ0v) is 8.84. The smallest absolute Gasteiger partial charge is 0.181 e. The molecule has 1 aliphatic carbocycles. The van der Waals surface area contributed by atoms with Crippen LogP contribution < -0.4 is 5.32 Å². The molecule has 3 nitrogen and oxygen atoms in total. The average Bonchev–Trinajstić information content (AvgIpc) is 2.69. The van der Waals surface area contributed by atoms with Crippen LogP contribution in [0.1, 0.15) is 39.0 Å². The summed E-state index contributed by atoms with van der Waals surface area (Å²) in [6.45, 7) is 3.14. The Hall–Kier alpha value is -0.410. The molecule has 1 heterocycles. The molecule has 1 atom stereocenters. The molecule has 3 heteroatoms. The van der Waals surface area contributed by atoms with E-state index in [0.717, 1.165) is 19.4 Å². The van der Waals surface area contributed by atoms with Crippen molar-refractivity contribution in [2.45, 2.75) is 44.8 Å². The zero-order chi connectivity index (χ0) is 10.0. The maximum atomic E-state index is 11.7. The monoisotopic (exact) mass is 197 g/mol. The summed E-state index contributed by atoms with van der Waals surface area (Å²) in [5.41, 5.74) is -0.625. The van der Waals surface area contributed by atoms with Crippen molar-refractivity contribution >= 4 is 5.78 Å². The standard InChI is InChI=1S/C11H19NO2/c1-9(13)11(12-7-8-14-11)10-5-3-2-4-6-10/h10,12H,2-8H2,1H3. The Morgan fingerprint density at radius 3 is 2.57 bits per heavy atom. The second-order valence-electron chi connectivity index (χ2n) is 4.40. The van der Waals surface area contributed by atoms with Gasteiger partial charge in [-0.25, -0.2) is 0 Å². The molecule has 2 fully saturated rings. The molecule has 14 heavy (non-hydrogen) atoms. The van der Waals surface area contributed by atoms with Crippen molar-refractivity contribution in [3.63, 3.8) is 0 Å². The highest BCUT2D eigenvalue weighted by Crippen LogP contribution is 2.35. The van der Waals surface area contributed by atoms with Crippen LogP contribution in [0.5, 0.6) is 0 Å². The van der Waals surface area contributed by atoms with E-state index < -0.39 is 5.72 Å². The maximum absolute atomic E-state index is 11.7. The molecule has 0 aromatic carbocycles. The van der Waals surface area contributed by atoms with E-state index in [2.05, 4.69) is 5.32 Å². The quantitative estimate of drug-likeness (QED) is 0.728. The fourth-order valence-corrected chi connectivity index (χ4v) is 2.78. The number of hydrogen-bond donors (Lipinski definition) is 1. The van der Waals surface area contributed by atoms with Crippen LogP contribution in [0.4, 0.5) is 0 Å². The van der Waals surface area contributed by atoms with E-state index in [1.807, 2.05) is 0 Å². The number of hydrogen-bond acceptors (Lipinski definition) is 3. The van der Waals surface area contributed by atoms with Gasteiger partial charge in [0.25, 0.3) is 0 Å². The van der Waals surface area contributed by atoms with Crippen LogP contribution in [0, 0.1) is 5.92 Å². The molecule has 0 aromatic rings. The zero-order valence-electron chi connectivity index (χ0n) is 8.84. The highest BCUT2D eigenvalue weighted by atomic mass is 16.5. The predicted molar refractivity (Wildman–Crippen MR) is 53.9 cm³/mol. The topological polar surface area (TPSA) is 38.3 Å². The van der Waals surface area contributed by atoms with E-state index >= 15 is 0 Å². The number of Topliss-reactive ketones (excluding diaryl/α,β-unsaturated/α-hetero) is 1. The molecule has 1 saturated carbocycles.